The topological polar surface area (TPSA) is 182 Å². The van der Waals surface area contributed by atoms with Crippen LogP contribution in [0.5, 0.6) is 0 Å². The molecule has 1 aliphatic rings. The summed E-state index contributed by atoms with van der Waals surface area (Å²) in [5, 5.41) is 5.18. The number of piperidine rings is 1. The number of nitrogens with two attached hydrogens (primary N) is 1. The van der Waals surface area contributed by atoms with E-state index in [1.165, 1.54) is 29.4 Å². The molecular weight excluding hydrogens is 755 g/mol. The first-order chi connectivity index (χ1) is 28.2. The number of amides is 4. The first-order valence-corrected chi connectivity index (χ1v) is 21.4. The highest BCUT2D eigenvalue weighted by Gasteiger charge is 2.31. The van der Waals surface area contributed by atoms with Gasteiger partial charge in [0.05, 0.1) is 29.8 Å². The number of primary amides is 1. The number of aromatic nitrogens is 2. The maximum atomic E-state index is 13.0. The van der Waals surface area contributed by atoms with E-state index in [1.54, 1.807) is 32.4 Å². The number of carbonyl (C=O) groups excluding carboxylic acids is 4. The van der Waals surface area contributed by atoms with Gasteiger partial charge < -0.3 is 30.0 Å². The van der Waals surface area contributed by atoms with Crippen molar-refractivity contribution in [1.82, 2.24) is 19.8 Å². The van der Waals surface area contributed by atoms with Crippen LogP contribution in [-0.4, -0.2) is 77.1 Å². The molecule has 3 aromatic rings. The fraction of sp³-hybridized carbons (Fsp3) is 0.622. The number of hydrogen-bond donors (Lipinski definition) is 3. The molecule has 2 heterocycles. The number of imidazole rings is 1. The fourth-order valence-electron chi connectivity index (χ4n) is 7.20. The van der Waals surface area contributed by atoms with E-state index in [1.807, 2.05) is 25.1 Å². The Bertz CT molecular complexity index is 1860. The van der Waals surface area contributed by atoms with Crippen LogP contribution in [0.3, 0.4) is 0 Å². The molecule has 1 aliphatic heterocycles. The van der Waals surface area contributed by atoms with Crippen molar-refractivity contribution < 1.29 is 38.1 Å². The molecule has 0 bridgehead atoms. The number of rotatable bonds is 26. The predicted molar refractivity (Wildman–Crippen MR) is 227 cm³/mol. The highest BCUT2D eigenvalue weighted by Crippen LogP contribution is 2.24. The van der Waals surface area contributed by atoms with E-state index >= 15 is 0 Å². The highest BCUT2D eigenvalue weighted by atomic mass is 16.6. The molecule has 4 amide bonds. The zero-order chi connectivity index (χ0) is 42.8. The summed E-state index contributed by atoms with van der Waals surface area (Å²) in [5.41, 5.74) is 9.32. The van der Waals surface area contributed by atoms with Crippen molar-refractivity contribution in [3.05, 3.63) is 69.6 Å². The molecule has 2 aromatic carbocycles. The van der Waals surface area contributed by atoms with Crippen LogP contribution in [0.1, 0.15) is 127 Å². The first-order valence-electron chi connectivity index (χ1n) is 21.4. The Morgan fingerprint density at radius 2 is 1.41 bits per heavy atom. The van der Waals surface area contributed by atoms with Gasteiger partial charge in [-0.3, -0.25) is 28.8 Å². The number of hydrogen-bond acceptors (Lipinski definition) is 9. The summed E-state index contributed by atoms with van der Waals surface area (Å²) in [7, 11) is 1.71. The maximum Gasteiger partial charge on any atom is 0.407 e. The third-order valence-corrected chi connectivity index (χ3v) is 10.5. The van der Waals surface area contributed by atoms with E-state index in [4.69, 9.17) is 24.7 Å². The molecule has 1 unspecified atom stereocenters. The number of benzene rings is 2. The van der Waals surface area contributed by atoms with Crippen molar-refractivity contribution >= 4 is 34.8 Å². The summed E-state index contributed by atoms with van der Waals surface area (Å²) in [4.78, 5) is 60.7. The van der Waals surface area contributed by atoms with Gasteiger partial charge >= 0.3 is 11.8 Å². The third kappa shape index (κ3) is 16.2. The van der Waals surface area contributed by atoms with Crippen molar-refractivity contribution in [2.75, 3.05) is 26.4 Å². The van der Waals surface area contributed by atoms with E-state index in [2.05, 4.69) is 34.9 Å². The Balaban J connectivity index is 0.981. The number of aryl methyl sites for hydroxylation is 3. The molecule has 1 saturated heterocycles. The number of unbranched alkanes of at least 4 members (excludes halogenated alkanes) is 5. The van der Waals surface area contributed by atoms with Crippen molar-refractivity contribution in [1.29, 1.82) is 0 Å². The summed E-state index contributed by atoms with van der Waals surface area (Å²) in [6.07, 6.45) is 10.6. The standard InChI is InChI=1S/C45H67N5O9/c1-32(36(21-24-40(46)51)47-43(54)59-45(2,3)4)58-31-35-18-16-33(17-19-35)14-12-28-56-26-10-8-6-7-9-11-27-57-29-13-15-34-20-22-37-39(30-34)49(5)44(55)50(37)38-23-25-41(52)48-42(38)53/h16-20,22,30,32,36,38H,6-15,21,23-29,31H2,1-5H3,(H2,46,51)(H,47,54)(H,48,52,53)/t32-,36+,38?/m1/s1. The van der Waals surface area contributed by atoms with Crippen LogP contribution in [0.4, 0.5) is 4.79 Å². The molecular formula is C45H67N5O9. The quantitative estimate of drug-likeness (QED) is 0.0617. The molecule has 14 nitrogen and oxygen atoms in total. The Hall–Kier alpha value is -4.53. The Kier molecular flexibility index (Phi) is 19.1. The van der Waals surface area contributed by atoms with Crippen LogP contribution in [0.25, 0.3) is 11.0 Å². The summed E-state index contributed by atoms with van der Waals surface area (Å²) in [5.74, 6) is -1.16. The van der Waals surface area contributed by atoms with Crippen molar-refractivity contribution in [3.8, 4) is 0 Å². The van der Waals surface area contributed by atoms with Gasteiger partial charge in [-0.15, -0.1) is 0 Å². The Labute approximate surface area is 348 Å². The number of fused-ring (bicyclic) bond motifs is 1. The van der Waals surface area contributed by atoms with Gasteiger partial charge in [0, 0.05) is 46.3 Å². The monoisotopic (exact) mass is 821 g/mol. The average Bonchev–Trinajstić information content (AvgIpc) is 3.42. The molecule has 0 saturated carbocycles. The van der Waals surface area contributed by atoms with Gasteiger partial charge in [-0.2, -0.15) is 0 Å². The van der Waals surface area contributed by atoms with Crippen molar-refractivity contribution in [2.24, 2.45) is 12.8 Å². The van der Waals surface area contributed by atoms with Crippen molar-refractivity contribution in [2.45, 2.75) is 148 Å². The van der Waals surface area contributed by atoms with E-state index < -0.39 is 35.6 Å². The predicted octanol–water partition coefficient (Wildman–Crippen LogP) is 6.32. The minimum Gasteiger partial charge on any atom is -0.444 e. The van der Waals surface area contributed by atoms with Gasteiger partial charge in [-0.05, 0) is 108 Å². The lowest BCUT2D eigenvalue weighted by molar-refractivity contribution is -0.135. The number of nitrogens with zero attached hydrogens (tertiary/aromatic N) is 2. The number of ether oxygens (including phenoxy) is 4. The van der Waals surface area contributed by atoms with Crippen LogP contribution in [0, 0.1) is 0 Å². The molecule has 0 spiro atoms. The average molecular weight is 822 g/mol. The van der Waals surface area contributed by atoms with Gasteiger partial charge in [0.25, 0.3) is 0 Å². The molecule has 3 atom stereocenters. The zero-order valence-electron chi connectivity index (χ0n) is 35.9. The van der Waals surface area contributed by atoms with E-state index in [0.29, 0.717) is 31.6 Å². The third-order valence-electron chi connectivity index (χ3n) is 10.5. The molecule has 4 rings (SSSR count). The second kappa shape index (κ2) is 23.9. The Morgan fingerprint density at radius 3 is 2.02 bits per heavy atom. The lowest BCUT2D eigenvalue weighted by Crippen LogP contribution is -2.45. The summed E-state index contributed by atoms with van der Waals surface area (Å²) in [6.45, 7) is 10.6. The second-order valence-corrected chi connectivity index (χ2v) is 16.6. The van der Waals surface area contributed by atoms with Crippen LogP contribution in [0.15, 0.2) is 47.3 Å². The molecule has 59 heavy (non-hydrogen) atoms. The number of alkyl carbamates (subject to hydrolysis) is 1. The van der Waals surface area contributed by atoms with E-state index in [-0.39, 0.29) is 30.5 Å². The molecule has 1 aromatic heterocycles. The summed E-state index contributed by atoms with van der Waals surface area (Å²) in [6, 6.07) is 13.1. The lowest BCUT2D eigenvalue weighted by Gasteiger charge is -2.27. The zero-order valence-corrected chi connectivity index (χ0v) is 35.9. The minimum atomic E-state index is -0.676. The maximum absolute atomic E-state index is 13.0. The highest BCUT2D eigenvalue weighted by molar-refractivity contribution is 6.00. The van der Waals surface area contributed by atoms with E-state index in [0.717, 1.165) is 81.4 Å². The first kappa shape index (κ1) is 47.2. The summed E-state index contributed by atoms with van der Waals surface area (Å²) >= 11 is 0. The Morgan fingerprint density at radius 1 is 0.831 bits per heavy atom. The lowest BCUT2D eigenvalue weighted by atomic mass is 10.1. The molecule has 14 heteroatoms. The number of nitrogens with one attached hydrogen (secondary N) is 2. The molecule has 326 valence electrons. The minimum absolute atomic E-state index is 0.136. The number of carbonyl (C=O) groups is 4. The van der Waals surface area contributed by atoms with E-state index in [9.17, 15) is 24.0 Å². The van der Waals surface area contributed by atoms with Gasteiger partial charge in [0.15, 0.2) is 0 Å². The molecule has 0 radical (unpaired) electrons. The van der Waals surface area contributed by atoms with Crippen molar-refractivity contribution in [3.63, 3.8) is 0 Å². The number of imide groups is 1. The fourth-order valence-corrected chi connectivity index (χ4v) is 7.20. The van der Waals surface area contributed by atoms with Crippen LogP contribution < -0.4 is 22.1 Å². The van der Waals surface area contributed by atoms with Crippen LogP contribution in [-0.2, 0) is 59.8 Å². The SMILES string of the molecule is C[C@@H](OCc1ccc(CCCOCCCCCCCCOCCCc2ccc3c(c2)n(C)c(=O)n3C2CCC(=O)NC2=O)cc1)[C@H](CCC(N)=O)NC(=O)OC(C)(C)C. The molecule has 0 aliphatic carbocycles. The van der Waals surface area contributed by atoms with Gasteiger partial charge in [0.1, 0.15) is 11.6 Å². The normalized spacial score (nSPS) is 15.6. The second-order valence-electron chi connectivity index (χ2n) is 16.6. The van der Waals surface area contributed by atoms with Crippen LogP contribution >= 0.6 is 0 Å². The molecule has 1 fully saturated rings. The largest absolute Gasteiger partial charge is 0.444 e. The summed E-state index contributed by atoms with van der Waals surface area (Å²) < 4.78 is 26.3. The van der Waals surface area contributed by atoms with Gasteiger partial charge in [0.2, 0.25) is 17.7 Å². The smallest absolute Gasteiger partial charge is 0.407 e. The van der Waals surface area contributed by atoms with Gasteiger partial charge in [-0.1, -0.05) is 56.0 Å². The van der Waals surface area contributed by atoms with Gasteiger partial charge in [-0.25, -0.2) is 9.59 Å². The molecule has 4 N–H and O–H groups in total. The van der Waals surface area contributed by atoms with Crippen LogP contribution in [0.2, 0.25) is 0 Å².